The van der Waals surface area contributed by atoms with E-state index in [4.69, 9.17) is 11.6 Å². The van der Waals surface area contributed by atoms with Gasteiger partial charge in [-0.05, 0) is 31.2 Å². The average Bonchev–Trinajstić information content (AvgIpc) is 3.13. The number of carbonyl (C=O) groups excluding carboxylic acids is 2. The van der Waals surface area contributed by atoms with Crippen molar-refractivity contribution in [1.29, 1.82) is 0 Å². The standard InChI is InChI=1S/C20H20ClN5O2S/c1-2-26-17(12-22-19(28)15-10-6-7-11-16(15)21)24-25-20(26)29-13-18(27)23-14-8-4-3-5-9-14/h3-11H,2,12-13H2,1H3,(H,22,28)(H,23,27). The molecule has 0 unspecified atom stereocenters. The van der Waals surface area contributed by atoms with Gasteiger partial charge in [-0.15, -0.1) is 10.2 Å². The highest BCUT2D eigenvalue weighted by Gasteiger charge is 2.15. The first kappa shape index (κ1) is 20.9. The first-order valence-electron chi connectivity index (χ1n) is 9.01. The van der Waals surface area contributed by atoms with Crippen LogP contribution in [-0.2, 0) is 17.9 Å². The lowest BCUT2D eigenvalue weighted by atomic mass is 10.2. The largest absolute Gasteiger partial charge is 0.345 e. The summed E-state index contributed by atoms with van der Waals surface area (Å²) in [5, 5.41) is 15.0. The third kappa shape index (κ3) is 5.58. The van der Waals surface area contributed by atoms with Crippen LogP contribution in [0.1, 0.15) is 23.1 Å². The summed E-state index contributed by atoms with van der Waals surface area (Å²) in [5.41, 5.74) is 1.15. The first-order valence-corrected chi connectivity index (χ1v) is 10.4. The number of rotatable bonds is 8. The maximum Gasteiger partial charge on any atom is 0.253 e. The van der Waals surface area contributed by atoms with Crippen molar-refractivity contribution in [3.05, 3.63) is 71.0 Å². The van der Waals surface area contributed by atoms with Gasteiger partial charge in [-0.25, -0.2) is 0 Å². The zero-order valence-electron chi connectivity index (χ0n) is 15.8. The molecule has 7 nitrogen and oxygen atoms in total. The number of amides is 2. The fraction of sp³-hybridized carbons (Fsp3) is 0.200. The fourth-order valence-electron chi connectivity index (χ4n) is 2.62. The average molecular weight is 430 g/mol. The van der Waals surface area contributed by atoms with E-state index in [2.05, 4.69) is 20.8 Å². The Bertz CT molecular complexity index is 994. The van der Waals surface area contributed by atoms with Crippen LogP contribution in [0, 0.1) is 0 Å². The molecular weight excluding hydrogens is 410 g/mol. The molecule has 0 spiro atoms. The van der Waals surface area contributed by atoms with E-state index in [1.165, 1.54) is 11.8 Å². The normalized spacial score (nSPS) is 10.6. The van der Waals surface area contributed by atoms with Crippen LogP contribution in [0.5, 0.6) is 0 Å². The number of carbonyl (C=O) groups is 2. The van der Waals surface area contributed by atoms with Gasteiger partial charge in [0.05, 0.1) is 22.9 Å². The number of anilines is 1. The molecule has 2 aromatic carbocycles. The van der Waals surface area contributed by atoms with Gasteiger partial charge in [-0.3, -0.25) is 9.59 Å². The van der Waals surface area contributed by atoms with Crippen molar-refractivity contribution >= 4 is 40.9 Å². The molecule has 0 atom stereocenters. The van der Waals surface area contributed by atoms with Gasteiger partial charge in [0.2, 0.25) is 5.91 Å². The molecule has 1 heterocycles. The van der Waals surface area contributed by atoms with Crippen LogP contribution >= 0.6 is 23.4 Å². The Morgan fingerprint density at radius 3 is 2.52 bits per heavy atom. The van der Waals surface area contributed by atoms with Crippen molar-refractivity contribution in [3.8, 4) is 0 Å². The monoisotopic (exact) mass is 429 g/mol. The second-order valence-electron chi connectivity index (χ2n) is 6.01. The molecule has 29 heavy (non-hydrogen) atoms. The number of thioether (sulfide) groups is 1. The number of hydrogen-bond acceptors (Lipinski definition) is 5. The number of halogens is 1. The Morgan fingerprint density at radius 1 is 1.07 bits per heavy atom. The van der Waals surface area contributed by atoms with Crippen molar-refractivity contribution in [3.63, 3.8) is 0 Å². The summed E-state index contributed by atoms with van der Waals surface area (Å²) in [6.45, 7) is 2.78. The quantitative estimate of drug-likeness (QED) is 0.534. The van der Waals surface area contributed by atoms with E-state index >= 15 is 0 Å². The predicted molar refractivity (Wildman–Crippen MR) is 114 cm³/mol. The van der Waals surface area contributed by atoms with Gasteiger partial charge in [0.25, 0.3) is 5.91 Å². The smallest absolute Gasteiger partial charge is 0.253 e. The SMILES string of the molecule is CCn1c(CNC(=O)c2ccccc2Cl)nnc1SCC(=O)Nc1ccccc1. The molecule has 3 aromatic rings. The molecule has 3 rings (SSSR count). The summed E-state index contributed by atoms with van der Waals surface area (Å²) in [6, 6.07) is 16.1. The van der Waals surface area contributed by atoms with E-state index in [1.54, 1.807) is 24.3 Å². The summed E-state index contributed by atoms with van der Waals surface area (Å²) in [7, 11) is 0. The molecule has 2 amide bonds. The molecular formula is C20H20ClN5O2S. The van der Waals surface area contributed by atoms with E-state index in [1.807, 2.05) is 41.8 Å². The molecule has 1 aromatic heterocycles. The number of hydrogen-bond donors (Lipinski definition) is 2. The van der Waals surface area contributed by atoms with Crippen LogP contribution in [0.3, 0.4) is 0 Å². The third-order valence-corrected chi connectivity index (χ3v) is 5.32. The Labute approximate surface area is 177 Å². The Kier molecular flexibility index (Phi) is 7.26. The van der Waals surface area contributed by atoms with Crippen LogP contribution in [0.2, 0.25) is 5.02 Å². The first-order chi connectivity index (χ1) is 14.1. The van der Waals surface area contributed by atoms with E-state index in [-0.39, 0.29) is 24.1 Å². The topological polar surface area (TPSA) is 88.9 Å². The third-order valence-electron chi connectivity index (χ3n) is 4.03. The van der Waals surface area contributed by atoms with Gasteiger partial charge >= 0.3 is 0 Å². The second kappa shape index (κ2) is 10.1. The number of para-hydroxylation sites is 1. The number of benzene rings is 2. The van der Waals surface area contributed by atoms with Crippen LogP contribution in [0.15, 0.2) is 59.8 Å². The van der Waals surface area contributed by atoms with Crippen LogP contribution < -0.4 is 10.6 Å². The predicted octanol–water partition coefficient (Wildman–Crippen LogP) is 3.61. The molecule has 0 bridgehead atoms. The van der Waals surface area contributed by atoms with E-state index < -0.39 is 0 Å². The number of nitrogens with zero attached hydrogens (tertiary/aromatic N) is 3. The highest BCUT2D eigenvalue weighted by molar-refractivity contribution is 7.99. The Hall–Kier alpha value is -2.84. The van der Waals surface area contributed by atoms with Crippen LogP contribution in [0.4, 0.5) is 5.69 Å². The van der Waals surface area contributed by atoms with Crippen molar-refractivity contribution in [1.82, 2.24) is 20.1 Å². The number of nitrogens with one attached hydrogen (secondary N) is 2. The molecule has 0 saturated heterocycles. The summed E-state index contributed by atoms with van der Waals surface area (Å²) in [5.74, 6) is 0.413. The maximum atomic E-state index is 12.3. The molecule has 0 aliphatic heterocycles. The van der Waals surface area contributed by atoms with Gasteiger partial charge in [0.1, 0.15) is 0 Å². The van der Waals surface area contributed by atoms with E-state index in [0.717, 1.165) is 5.69 Å². The molecule has 2 N–H and O–H groups in total. The molecule has 150 valence electrons. The minimum absolute atomic E-state index is 0.125. The summed E-state index contributed by atoms with van der Waals surface area (Å²) in [4.78, 5) is 24.5. The minimum atomic E-state index is -0.280. The summed E-state index contributed by atoms with van der Waals surface area (Å²) < 4.78 is 1.87. The molecule has 0 radical (unpaired) electrons. The Balaban J connectivity index is 1.57. The van der Waals surface area contributed by atoms with Gasteiger partial charge < -0.3 is 15.2 Å². The lowest BCUT2D eigenvalue weighted by Crippen LogP contribution is -2.25. The number of aromatic nitrogens is 3. The zero-order chi connectivity index (χ0) is 20.6. The lowest BCUT2D eigenvalue weighted by Gasteiger charge is -2.09. The van der Waals surface area contributed by atoms with E-state index in [9.17, 15) is 9.59 Å². The highest BCUT2D eigenvalue weighted by Crippen LogP contribution is 2.18. The van der Waals surface area contributed by atoms with Crippen LogP contribution in [-0.4, -0.2) is 32.3 Å². The highest BCUT2D eigenvalue weighted by atomic mass is 35.5. The van der Waals surface area contributed by atoms with Crippen molar-refractivity contribution < 1.29 is 9.59 Å². The van der Waals surface area contributed by atoms with Gasteiger partial charge in [-0.2, -0.15) is 0 Å². The second-order valence-corrected chi connectivity index (χ2v) is 7.36. The lowest BCUT2D eigenvalue weighted by molar-refractivity contribution is -0.113. The van der Waals surface area contributed by atoms with Crippen molar-refractivity contribution in [2.45, 2.75) is 25.2 Å². The van der Waals surface area contributed by atoms with Gasteiger partial charge in [0, 0.05) is 12.2 Å². The molecule has 0 aliphatic carbocycles. The molecule has 0 aliphatic rings. The van der Waals surface area contributed by atoms with Gasteiger partial charge in [-0.1, -0.05) is 53.7 Å². The zero-order valence-corrected chi connectivity index (χ0v) is 17.3. The Morgan fingerprint density at radius 2 is 1.79 bits per heavy atom. The fourth-order valence-corrected chi connectivity index (χ4v) is 3.67. The van der Waals surface area contributed by atoms with Crippen molar-refractivity contribution in [2.75, 3.05) is 11.1 Å². The van der Waals surface area contributed by atoms with E-state index in [0.29, 0.717) is 28.1 Å². The van der Waals surface area contributed by atoms with Crippen LogP contribution in [0.25, 0.3) is 0 Å². The van der Waals surface area contributed by atoms with Gasteiger partial charge in [0.15, 0.2) is 11.0 Å². The molecule has 9 heteroatoms. The van der Waals surface area contributed by atoms with Crippen molar-refractivity contribution in [2.24, 2.45) is 0 Å². The molecule has 0 saturated carbocycles. The molecule has 0 fully saturated rings. The summed E-state index contributed by atoms with van der Waals surface area (Å²) in [6.07, 6.45) is 0. The minimum Gasteiger partial charge on any atom is -0.345 e. The summed E-state index contributed by atoms with van der Waals surface area (Å²) >= 11 is 7.35. The maximum absolute atomic E-state index is 12.3.